The molecule has 1 heterocycles. The van der Waals surface area contributed by atoms with Crippen LogP contribution in [0.15, 0.2) is 60.8 Å². The fourth-order valence-corrected chi connectivity index (χ4v) is 2.55. The Kier molecular flexibility index (Phi) is 5.88. The van der Waals surface area contributed by atoms with Gasteiger partial charge in [-0.3, -0.25) is 0 Å². The van der Waals surface area contributed by atoms with Crippen LogP contribution in [0, 0.1) is 0 Å². The Balaban J connectivity index is 1.60. The van der Waals surface area contributed by atoms with E-state index >= 15 is 0 Å². The number of anilines is 3. The molecule has 0 radical (unpaired) electrons. The second kappa shape index (κ2) is 8.71. The molecule has 0 aliphatic carbocycles. The molecular weight excluding hydrogens is 328 g/mol. The van der Waals surface area contributed by atoms with Crippen molar-refractivity contribution >= 4 is 17.5 Å². The van der Waals surface area contributed by atoms with Crippen molar-refractivity contribution in [3.05, 3.63) is 66.4 Å². The minimum Gasteiger partial charge on any atom is -0.497 e. The Morgan fingerprint density at radius 3 is 2.69 bits per heavy atom. The number of rotatable bonds is 8. The lowest BCUT2D eigenvalue weighted by atomic mass is 10.1. The van der Waals surface area contributed by atoms with Crippen LogP contribution >= 0.6 is 0 Å². The van der Waals surface area contributed by atoms with Gasteiger partial charge in [-0.05, 0) is 42.3 Å². The van der Waals surface area contributed by atoms with E-state index in [0.717, 1.165) is 30.2 Å². The predicted octanol–water partition coefficient (Wildman–Crippen LogP) is 3.89. The average Bonchev–Trinajstić information content (AvgIpc) is 2.69. The van der Waals surface area contributed by atoms with Crippen LogP contribution in [0.4, 0.5) is 17.5 Å². The minimum absolute atomic E-state index is 0.577. The van der Waals surface area contributed by atoms with Crippen molar-refractivity contribution in [1.29, 1.82) is 0 Å². The van der Waals surface area contributed by atoms with Gasteiger partial charge in [0, 0.05) is 12.7 Å². The number of hydrogen-bond donors (Lipinski definition) is 2. The van der Waals surface area contributed by atoms with Crippen molar-refractivity contribution in [2.75, 3.05) is 31.4 Å². The van der Waals surface area contributed by atoms with E-state index in [1.54, 1.807) is 20.4 Å². The SMILES string of the molecule is COc1cccc(CCNc2nccc(Nc3ccccc3OC)n2)c1. The van der Waals surface area contributed by atoms with Crippen LogP contribution in [0.25, 0.3) is 0 Å². The first kappa shape index (κ1) is 17.5. The van der Waals surface area contributed by atoms with Gasteiger partial charge >= 0.3 is 0 Å². The number of methoxy groups -OCH3 is 2. The smallest absolute Gasteiger partial charge is 0.224 e. The summed E-state index contributed by atoms with van der Waals surface area (Å²) in [7, 11) is 3.32. The molecule has 1 aromatic heterocycles. The molecule has 0 spiro atoms. The third-order valence-corrected chi connectivity index (χ3v) is 3.86. The lowest BCUT2D eigenvalue weighted by molar-refractivity contribution is 0.414. The van der Waals surface area contributed by atoms with Crippen LogP contribution in [-0.2, 0) is 6.42 Å². The largest absolute Gasteiger partial charge is 0.497 e. The summed E-state index contributed by atoms with van der Waals surface area (Å²) in [6.45, 7) is 0.727. The summed E-state index contributed by atoms with van der Waals surface area (Å²) >= 11 is 0. The van der Waals surface area contributed by atoms with E-state index in [0.29, 0.717) is 11.8 Å². The van der Waals surface area contributed by atoms with Crippen LogP contribution in [-0.4, -0.2) is 30.7 Å². The Morgan fingerprint density at radius 2 is 1.85 bits per heavy atom. The van der Waals surface area contributed by atoms with E-state index in [1.807, 2.05) is 48.5 Å². The van der Waals surface area contributed by atoms with Crippen LogP contribution in [0.1, 0.15) is 5.56 Å². The second-order valence-corrected chi connectivity index (χ2v) is 5.62. The number of nitrogens with zero attached hydrogens (tertiary/aromatic N) is 2. The lowest BCUT2D eigenvalue weighted by Crippen LogP contribution is -2.08. The number of benzene rings is 2. The van der Waals surface area contributed by atoms with Gasteiger partial charge in [0.1, 0.15) is 17.3 Å². The number of para-hydroxylation sites is 2. The molecule has 0 saturated heterocycles. The molecule has 6 nitrogen and oxygen atoms in total. The Morgan fingerprint density at radius 1 is 0.962 bits per heavy atom. The molecule has 26 heavy (non-hydrogen) atoms. The Labute approximate surface area is 153 Å². The lowest BCUT2D eigenvalue weighted by Gasteiger charge is -2.11. The highest BCUT2D eigenvalue weighted by Crippen LogP contribution is 2.26. The molecule has 0 fully saturated rings. The van der Waals surface area contributed by atoms with Crippen LogP contribution in [0.2, 0.25) is 0 Å². The summed E-state index contributed by atoms with van der Waals surface area (Å²) in [5.41, 5.74) is 2.05. The normalized spacial score (nSPS) is 10.2. The summed E-state index contributed by atoms with van der Waals surface area (Å²) in [5.74, 6) is 2.90. The Hall–Kier alpha value is -3.28. The van der Waals surface area contributed by atoms with Gasteiger partial charge in [-0.2, -0.15) is 4.98 Å². The zero-order valence-electron chi connectivity index (χ0n) is 14.9. The summed E-state index contributed by atoms with van der Waals surface area (Å²) < 4.78 is 10.6. The van der Waals surface area contributed by atoms with Gasteiger partial charge < -0.3 is 20.1 Å². The maximum absolute atomic E-state index is 5.35. The Bertz CT molecular complexity index is 854. The highest BCUT2D eigenvalue weighted by atomic mass is 16.5. The van der Waals surface area contributed by atoms with E-state index in [2.05, 4.69) is 26.7 Å². The first-order valence-corrected chi connectivity index (χ1v) is 8.38. The van der Waals surface area contributed by atoms with Crippen LogP contribution in [0.3, 0.4) is 0 Å². The quantitative estimate of drug-likeness (QED) is 0.642. The molecule has 0 aliphatic heterocycles. The van der Waals surface area contributed by atoms with Gasteiger partial charge in [0.25, 0.3) is 0 Å². The molecule has 0 atom stereocenters. The molecular formula is C20H22N4O2. The fourth-order valence-electron chi connectivity index (χ4n) is 2.55. The third-order valence-electron chi connectivity index (χ3n) is 3.86. The predicted molar refractivity (Wildman–Crippen MR) is 103 cm³/mol. The van der Waals surface area contributed by atoms with Gasteiger partial charge in [-0.25, -0.2) is 4.98 Å². The standard InChI is InChI=1S/C20H22N4O2/c1-25-16-7-5-6-15(14-16)10-12-21-20-22-13-11-19(24-20)23-17-8-3-4-9-18(17)26-2/h3-9,11,13-14H,10,12H2,1-2H3,(H2,21,22,23,24). The molecule has 134 valence electrons. The van der Waals surface area contributed by atoms with Crippen molar-refractivity contribution < 1.29 is 9.47 Å². The maximum Gasteiger partial charge on any atom is 0.224 e. The zero-order valence-corrected chi connectivity index (χ0v) is 14.9. The van der Waals surface area contributed by atoms with Crippen LogP contribution < -0.4 is 20.1 Å². The van der Waals surface area contributed by atoms with Gasteiger partial charge in [0.15, 0.2) is 0 Å². The minimum atomic E-state index is 0.577. The summed E-state index contributed by atoms with van der Waals surface area (Å²) in [4.78, 5) is 8.77. The first-order valence-electron chi connectivity index (χ1n) is 8.38. The third kappa shape index (κ3) is 4.63. The van der Waals surface area contributed by atoms with Crippen molar-refractivity contribution in [2.24, 2.45) is 0 Å². The van der Waals surface area contributed by atoms with E-state index in [4.69, 9.17) is 9.47 Å². The highest BCUT2D eigenvalue weighted by Gasteiger charge is 2.04. The van der Waals surface area contributed by atoms with Gasteiger partial charge in [-0.15, -0.1) is 0 Å². The molecule has 0 unspecified atom stereocenters. The summed E-state index contributed by atoms with van der Waals surface area (Å²) in [6.07, 6.45) is 2.57. The van der Waals surface area contributed by atoms with E-state index < -0.39 is 0 Å². The monoisotopic (exact) mass is 350 g/mol. The molecule has 0 saturated carbocycles. The van der Waals surface area contributed by atoms with E-state index in [1.165, 1.54) is 5.56 Å². The molecule has 0 bridgehead atoms. The number of nitrogens with one attached hydrogen (secondary N) is 2. The van der Waals surface area contributed by atoms with E-state index in [-0.39, 0.29) is 0 Å². The van der Waals surface area contributed by atoms with Gasteiger partial charge in [0.2, 0.25) is 5.95 Å². The average molecular weight is 350 g/mol. The van der Waals surface area contributed by atoms with E-state index in [9.17, 15) is 0 Å². The number of hydrogen-bond acceptors (Lipinski definition) is 6. The van der Waals surface area contributed by atoms with Gasteiger partial charge in [0.05, 0.1) is 19.9 Å². The van der Waals surface area contributed by atoms with Crippen molar-refractivity contribution in [2.45, 2.75) is 6.42 Å². The molecule has 0 aliphatic rings. The van der Waals surface area contributed by atoms with Crippen molar-refractivity contribution in [1.82, 2.24) is 9.97 Å². The molecule has 2 aromatic carbocycles. The molecule has 2 N–H and O–H groups in total. The molecule has 3 aromatic rings. The molecule has 0 amide bonds. The van der Waals surface area contributed by atoms with Crippen LogP contribution in [0.5, 0.6) is 11.5 Å². The molecule has 3 rings (SSSR count). The molecule has 6 heteroatoms. The number of aromatic nitrogens is 2. The van der Waals surface area contributed by atoms with Crippen molar-refractivity contribution in [3.8, 4) is 11.5 Å². The van der Waals surface area contributed by atoms with Gasteiger partial charge in [-0.1, -0.05) is 24.3 Å². The summed E-state index contributed by atoms with van der Waals surface area (Å²) in [6, 6.07) is 17.6. The maximum atomic E-state index is 5.35. The highest BCUT2D eigenvalue weighted by molar-refractivity contribution is 5.64. The zero-order chi connectivity index (χ0) is 18.2. The fraction of sp³-hybridized carbons (Fsp3) is 0.200. The van der Waals surface area contributed by atoms with Crippen molar-refractivity contribution in [3.63, 3.8) is 0 Å². The topological polar surface area (TPSA) is 68.3 Å². The summed E-state index contributed by atoms with van der Waals surface area (Å²) in [5, 5.41) is 6.51. The second-order valence-electron chi connectivity index (χ2n) is 5.62. The number of ether oxygens (including phenoxy) is 2. The first-order chi connectivity index (χ1) is 12.8.